The number of halogens is 1. The number of hydrogen-bond acceptors (Lipinski definition) is 3. The molecule has 0 bridgehead atoms. The molecule has 0 fully saturated rings. The summed E-state index contributed by atoms with van der Waals surface area (Å²) in [5.41, 5.74) is 2.13. The summed E-state index contributed by atoms with van der Waals surface area (Å²) in [5, 5.41) is 2.84. The summed E-state index contributed by atoms with van der Waals surface area (Å²) in [4.78, 5) is 28.1. The van der Waals surface area contributed by atoms with E-state index < -0.39 is 5.91 Å². The van der Waals surface area contributed by atoms with Gasteiger partial charge in [-0.05, 0) is 51.2 Å². The van der Waals surface area contributed by atoms with Crippen LogP contribution in [0.2, 0.25) is 0 Å². The van der Waals surface area contributed by atoms with Crippen molar-refractivity contribution in [3.8, 4) is 0 Å². The molecule has 124 valence electrons. The summed E-state index contributed by atoms with van der Waals surface area (Å²) in [6.45, 7) is 6.22. The number of amides is 2. The predicted octanol–water partition coefficient (Wildman–Crippen LogP) is 3.80. The molecule has 1 aliphatic carbocycles. The first-order chi connectivity index (χ1) is 11.2. The minimum Gasteiger partial charge on any atom is -0.444 e. The SMILES string of the molecule is CC(C)(C)C1=CC(=O)NC2=CC(=NC(=O)c3ccc(Br)o3)C=CC21. The van der Waals surface area contributed by atoms with Crippen molar-refractivity contribution in [1.29, 1.82) is 0 Å². The first-order valence-corrected chi connectivity index (χ1v) is 8.34. The van der Waals surface area contributed by atoms with Crippen LogP contribution in [0, 0.1) is 11.3 Å². The molecule has 2 aliphatic rings. The standard InChI is InChI=1S/C18H17BrN2O3/c1-18(2,3)12-9-16(22)21-13-8-10(4-5-11(12)13)20-17(23)14-6-7-15(19)24-14/h4-9,11H,1-3H3,(H,21,22). The molecule has 1 atom stereocenters. The van der Waals surface area contributed by atoms with E-state index in [0.29, 0.717) is 10.4 Å². The van der Waals surface area contributed by atoms with Crippen LogP contribution in [0.4, 0.5) is 0 Å². The molecule has 2 heterocycles. The molecule has 1 N–H and O–H groups in total. The molecule has 0 spiro atoms. The van der Waals surface area contributed by atoms with Crippen molar-refractivity contribution in [3.05, 3.63) is 58.1 Å². The third-order valence-corrected chi connectivity index (χ3v) is 4.29. The molecule has 0 aromatic carbocycles. The molecule has 2 amide bonds. The Morgan fingerprint density at radius 3 is 2.67 bits per heavy atom. The van der Waals surface area contributed by atoms with Crippen LogP contribution in [0.15, 0.2) is 61.8 Å². The average molecular weight is 389 g/mol. The summed E-state index contributed by atoms with van der Waals surface area (Å²) < 4.78 is 5.68. The second kappa shape index (κ2) is 6.02. The molecule has 24 heavy (non-hydrogen) atoms. The Bertz CT molecular complexity index is 835. The van der Waals surface area contributed by atoms with Crippen LogP contribution in [-0.2, 0) is 4.79 Å². The largest absolute Gasteiger partial charge is 0.444 e. The zero-order valence-electron chi connectivity index (χ0n) is 13.6. The Labute approximate surface area is 148 Å². The third-order valence-electron chi connectivity index (χ3n) is 3.87. The Morgan fingerprint density at radius 1 is 1.29 bits per heavy atom. The molecule has 0 saturated carbocycles. The number of hydrogen-bond donors (Lipinski definition) is 1. The maximum absolute atomic E-state index is 12.1. The van der Waals surface area contributed by atoms with Gasteiger partial charge in [0.25, 0.3) is 0 Å². The number of allylic oxidation sites excluding steroid dienone is 3. The summed E-state index contributed by atoms with van der Waals surface area (Å²) in [7, 11) is 0. The fourth-order valence-electron chi connectivity index (χ4n) is 2.74. The predicted molar refractivity (Wildman–Crippen MR) is 94.6 cm³/mol. The minimum atomic E-state index is -0.468. The van der Waals surface area contributed by atoms with Crippen molar-refractivity contribution < 1.29 is 14.0 Å². The maximum atomic E-state index is 12.1. The normalized spacial score (nSPS) is 21.9. The highest BCUT2D eigenvalue weighted by molar-refractivity contribution is 9.10. The van der Waals surface area contributed by atoms with E-state index >= 15 is 0 Å². The van der Waals surface area contributed by atoms with Gasteiger partial charge in [-0.15, -0.1) is 0 Å². The van der Waals surface area contributed by atoms with E-state index in [1.165, 1.54) is 0 Å². The summed E-state index contributed by atoms with van der Waals surface area (Å²) in [6.07, 6.45) is 7.13. The van der Waals surface area contributed by atoms with E-state index in [1.807, 2.05) is 6.08 Å². The van der Waals surface area contributed by atoms with Crippen LogP contribution >= 0.6 is 15.9 Å². The zero-order valence-corrected chi connectivity index (χ0v) is 15.2. The molecule has 1 aliphatic heterocycles. The summed E-state index contributed by atoms with van der Waals surface area (Å²) >= 11 is 3.16. The number of rotatable bonds is 1. The van der Waals surface area contributed by atoms with Gasteiger partial charge in [-0.3, -0.25) is 9.59 Å². The van der Waals surface area contributed by atoms with Crippen LogP contribution in [0.1, 0.15) is 31.3 Å². The highest BCUT2D eigenvalue weighted by Gasteiger charge is 2.32. The molecule has 6 heteroatoms. The number of fused-ring (bicyclic) bond motifs is 1. The molecule has 3 rings (SSSR count). The monoisotopic (exact) mass is 388 g/mol. The van der Waals surface area contributed by atoms with Crippen molar-refractivity contribution >= 4 is 33.5 Å². The molecule has 1 aromatic rings. The van der Waals surface area contributed by atoms with E-state index in [-0.39, 0.29) is 23.0 Å². The van der Waals surface area contributed by atoms with E-state index in [4.69, 9.17) is 4.42 Å². The highest BCUT2D eigenvalue weighted by atomic mass is 79.9. The number of nitrogens with zero attached hydrogens (tertiary/aromatic N) is 1. The lowest BCUT2D eigenvalue weighted by molar-refractivity contribution is -0.116. The van der Waals surface area contributed by atoms with Crippen molar-refractivity contribution in [1.82, 2.24) is 5.32 Å². The van der Waals surface area contributed by atoms with E-state index in [0.717, 1.165) is 11.3 Å². The average Bonchev–Trinajstić information content (AvgIpc) is 2.92. The van der Waals surface area contributed by atoms with Crippen LogP contribution in [-0.4, -0.2) is 17.5 Å². The van der Waals surface area contributed by atoms with Gasteiger partial charge in [-0.2, -0.15) is 0 Å². The van der Waals surface area contributed by atoms with Crippen LogP contribution in [0.3, 0.4) is 0 Å². The van der Waals surface area contributed by atoms with Crippen molar-refractivity contribution in [2.45, 2.75) is 20.8 Å². The topological polar surface area (TPSA) is 71.7 Å². The fourth-order valence-corrected chi connectivity index (χ4v) is 3.05. The van der Waals surface area contributed by atoms with Gasteiger partial charge in [0.15, 0.2) is 10.4 Å². The van der Waals surface area contributed by atoms with Gasteiger partial charge in [-0.1, -0.05) is 26.8 Å². The van der Waals surface area contributed by atoms with Gasteiger partial charge in [-0.25, -0.2) is 4.99 Å². The molecular weight excluding hydrogens is 372 g/mol. The molecule has 0 radical (unpaired) electrons. The molecule has 5 nitrogen and oxygen atoms in total. The van der Waals surface area contributed by atoms with E-state index in [1.54, 1.807) is 30.4 Å². The third kappa shape index (κ3) is 3.33. The van der Waals surface area contributed by atoms with Gasteiger partial charge in [0.1, 0.15) is 0 Å². The van der Waals surface area contributed by atoms with Crippen molar-refractivity contribution in [3.63, 3.8) is 0 Å². The van der Waals surface area contributed by atoms with Crippen molar-refractivity contribution in [2.24, 2.45) is 16.3 Å². The van der Waals surface area contributed by atoms with E-state index in [2.05, 4.69) is 47.0 Å². The zero-order chi connectivity index (χ0) is 17.5. The Balaban J connectivity index is 1.90. The van der Waals surface area contributed by atoms with Crippen molar-refractivity contribution in [2.75, 3.05) is 0 Å². The second-order valence-corrected chi connectivity index (χ2v) is 7.50. The molecule has 0 saturated heterocycles. The van der Waals surface area contributed by atoms with Crippen LogP contribution < -0.4 is 5.32 Å². The van der Waals surface area contributed by atoms with Crippen LogP contribution in [0.5, 0.6) is 0 Å². The number of carbonyl (C=O) groups excluding carboxylic acids is 2. The van der Waals surface area contributed by atoms with Gasteiger partial charge in [0, 0.05) is 17.7 Å². The lowest BCUT2D eigenvalue weighted by Crippen LogP contribution is -2.36. The number of aliphatic imine (C=N–C) groups is 1. The fraction of sp³-hybridized carbons (Fsp3) is 0.278. The molecule has 1 unspecified atom stereocenters. The van der Waals surface area contributed by atoms with Gasteiger partial charge < -0.3 is 9.73 Å². The van der Waals surface area contributed by atoms with Gasteiger partial charge in [0.2, 0.25) is 5.91 Å². The first kappa shape index (κ1) is 16.6. The number of carbonyl (C=O) groups is 2. The summed E-state index contributed by atoms with van der Waals surface area (Å²) in [5.74, 6) is -0.469. The van der Waals surface area contributed by atoms with Gasteiger partial charge >= 0.3 is 5.91 Å². The first-order valence-electron chi connectivity index (χ1n) is 7.55. The lowest BCUT2D eigenvalue weighted by atomic mass is 9.74. The maximum Gasteiger partial charge on any atom is 0.313 e. The number of furan rings is 1. The summed E-state index contributed by atoms with van der Waals surface area (Å²) in [6, 6.07) is 3.20. The minimum absolute atomic E-state index is 0.00508. The second-order valence-electron chi connectivity index (χ2n) is 6.72. The highest BCUT2D eigenvalue weighted by Crippen LogP contribution is 2.38. The van der Waals surface area contributed by atoms with Crippen LogP contribution in [0.25, 0.3) is 0 Å². The molecular formula is C18H17BrN2O3. The lowest BCUT2D eigenvalue weighted by Gasteiger charge is -2.34. The quantitative estimate of drug-likeness (QED) is 0.794. The van der Waals surface area contributed by atoms with Gasteiger partial charge in [0.05, 0.1) is 5.71 Å². The molecule has 1 aromatic heterocycles. The Kier molecular flexibility index (Phi) is 4.17. The smallest absolute Gasteiger partial charge is 0.313 e. The Hall–Kier alpha value is -2.21. The Morgan fingerprint density at radius 2 is 2.04 bits per heavy atom. The number of nitrogens with one attached hydrogen (secondary N) is 1. The van der Waals surface area contributed by atoms with E-state index in [9.17, 15) is 9.59 Å².